The van der Waals surface area contributed by atoms with Gasteiger partial charge in [0.1, 0.15) is 79.3 Å². The predicted octanol–water partition coefficient (Wildman–Crippen LogP) is 9.90. The molecule has 1 amide bonds. The maximum absolute atomic E-state index is 11.6. The minimum Gasteiger partial charge on any atom is -0.487 e. The number of hydrogen-bond donors (Lipinski definition) is 1. The van der Waals surface area contributed by atoms with E-state index in [1.807, 2.05) is 66.7 Å². The van der Waals surface area contributed by atoms with Crippen LogP contribution in [-0.4, -0.2) is 309 Å². The van der Waals surface area contributed by atoms with Crippen LogP contribution < -0.4 is 52.7 Å². The molecular weight excluding hydrogens is 1630 g/mol. The van der Waals surface area contributed by atoms with Gasteiger partial charge in [-0.3, -0.25) is 4.79 Å². The Labute approximate surface area is 734 Å². The summed E-state index contributed by atoms with van der Waals surface area (Å²) in [7, 11) is 0. The van der Waals surface area contributed by atoms with Gasteiger partial charge in [-0.05, 0) is 108 Å². The third-order valence-corrected chi connectivity index (χ3v) is 16.8. The van der Waals surface area contributed by atoms with Crippen molar-refractivity contribution in [2.45, 2.75) is 33.6 Å². The Balaban J connectivity index is 0.000000242. The van der Waals surface area contributed by atoms with Gasteiger partial charge in [0, 0.05) is 17.7 Å². The maximum atomic E-state index is 11.6. The van der Waals surface area contributed by atoms with Crippen LogP contribution in [0.25, 0.3) is 12.2 Å². The van der Waals surface area contributed by atoms with Crippen LogP contribution in [0.3, 0.4) is 0 Å². The second kappa shape index (κ2) is 69.7. The van der Waals surface area contributed by atoms with E-state index in [1.165, 1.54) is 6.08 Å². The Morgan fingerprint density at radius 3 is 0.656 bits per heavy atom. The van der Waals surface area contributed by atoms with Crippen LogP contribution in [0.1, 0.15) is 41.7 Å². The van der Waals surface area contributed by atoms with Crippen LogP contribution in [-0.2, 0) is 124 Å². The monoisotopic (exact) mass is 1760 g/mol. The van der Waals surface area contributed by atoms with Crippen molar-refractivity contribution in [2.75, 3.05) is 291 Å². The van der Waals surface area contributed by atoms with Crippen LogP contribution in [0.2, 0.25) is 0 Å². The highest BCUT2D eigenvalue weighted by molar-refractivity contribution is 5.87. The lowest BCUT2D eigenvalue weighted by Gasteiger charge is -2.15. The van der Waals surface area contributed by atoms with E-state index in [9.17, 15) is 14.4 Å². The van der Waals surface area contributed by atoms with Gasteiger partial charge in [0.05, 0.1) is 225 Å². The van der Waals surface area contributed by atoms with Crippen molar-refractivity contribution in [3.8, 4) is 57.5 Å². The molecule has 125 heavy (non-hydrogen) atoms. The number of rotatable bonds is 11. The number of nitrogens with one attached hydrogen (secondary N) is 1. The smallest absolute Gasteiger partial charge is 0.333 e. The molecule has 0 bridgehead atoms. The van der Waals surface area contributed by atoms with Gasteiger partial charge in [-0.15, -0.1) is 0 Å². The van der Waals surface area contributed by atoms with E-state index in [-0.39, 0.29) is 19.1 Å². The largest absolute Gasteiger partial charge is 0.487 e. The Hall–Kier alpha value is -9.47. The quantitative estimate of drug-likeness (QED) is 0.0949. The highest BCUT2D eigenvalue weighted by Crippen LogP contribution is 2.34. The molecule has 5 aliphatic heterocycles. The van der Waals surface area contributed by atoms with Gasteiger partial charge in [0.15, 0.2) is 57.5 Å². The molecule has 0 saturated heterocycles. The SMILES string of the molecule is C=C(C)C(=O)OCc1ccc2c(c1)OCCOCCOCCOCCO2.C=C(C)C(=O)OCc1ccc2c(c1)OCCOCCOCCOCCOCCO2.C=CC(=O)NCc1ccc2c(c1)OCCOCCOCCOCCO2.C=Cc1ccc2c(c1)OCCOCCOCCOCCO2.C=Cc1ccc2c(c1)OCCOCCOCCOCCOCCO2. The molecule has 0 radical (unpaired) electrons. The van der Waals surface area contributed by atoms with E-state index in [0.717, 1.165) is 27.8 Å². The summed E-state index contributed by atoms with van der Waals surface area (Å²) in [5, 5.41) is 2.73. The Kier molecular flexibility index (Phi) is 58.2. The van der Waals surface area contributed by atoms with Crippen molar-refractivity contribution in [1.29, 1.82) is 0 Å². The summed E-state index contributed by atoms with van der Waals surface area (Å²) in [6.45, 7) is 43.5. The number of fused-ring (bicyclic) bond motifs is 5. The summed E-state index contributed by atoms with van der Waals surface area (Å²) in [6.07, 6.45) is 4.78. The van der Waals surface area contributed by atoms with Crippen LogP contribution >= 0.6 is 0 Å². The molecule has 10 rings (SSSR count). The number of benzene rings is 5. The van der Waals surface area contributed by atoms with Gasteiger partial charge in [-0.25, -0.2) is 9.59 Å². The molecule has 0 unspecified atom stereocenters. The maximum Gasteiger partial charge on any atom is 0.333 e. The first kappa shape index (κ1) is 104. The molecule has 0 saturated carbocycles. The second-order valence-electron chi connectivity index (χ2n) is 26.7. The minimum absolute atomic E-state index is 0.124. The van der Waals surface area contributed by atoms with Gasteiger partial charge in [0.2, 0.25) is 5.91 Å². The highest BCUT2D eigenvalue weighted by Gasteiger charge is 2.16. The zero-order valence-corrected chi connectivity index (χ0v) is 72.7. The fourth-order valence-electron chi connectivity index (χ4n) is 10.5. The molecule has 0 fully saturated rings. The Morgan fingerprint density at radius 2 is 0.448 bits per heavy atom. The third kappa shape index (κ3) is 49.9. The first-order chi connectivity index (χ1) is 61.4. The van der Waals surface area contributed by atoms with Crippen LogP contribution in [0.4, 0.5) is 0 Å². The number of carbonyl (C=O) groups is 3. The molecule has 0 atom stereocenters. The molecule has 0 spiro atoms. The van der Waals surface area contributed by atoms with Gasteiger partial charge >= 0.3 is 11.9 Å². The zero-order valence-electron chi connectivity index (χ0n) is 72.7. The third-order valence-electron chi connectivity index (χ3n) is 16.8. The van der Waals surface area contributed by atoms with E-state index < -0.39 is 11.9 Å². The molecule has 1 N–H and O–H groups in total. The first-order valence-corrected chi connectivity index (χ1v) is 42.0. The zero-order chi connectivity index (χ0) is 88.7. The lowest BCUT2D eigenvalue weighted by Crippen LogP contribution is -2.20. The van der Waals surface area contributed by atoms with E-state index in [0.29, 0.717) is 366 Å². The molecule has 0 aliphatic carbocycles. The lowest BCUT2D eigenvalue weighted by molar-refractivity contribution is -0.141. The molecule has 694 valence electrons. The lowest BCUT2D eigenvalue weighted by atomic mass is 10.2. The van der Waals surface area contributed by atoms with Crippen molar-refractivity contribution in [3.63, 3.8) is 0 Å². The molecule has 5 heterocycles. The fourth-order valence-corrected chi connectivity index (χ4v) is 10.5. The van der Waals surface area contributed by atoms with Crippen molar-refractivity contribution < 1.29 is 152 Å². The predicted molar refractivity (Wildman–Crippen MR) is 463 cm³/mol. The topological polar surface area (TPSA) is 331 Å². The van der Waals surface area contributed by atoms with Gasteiger partial charge < -0.3 is 143 Å². The van der Waals surface area contributed by atoms with Crippen molar-refractivity contribution in [2.24, 2.45) is 0 Å². The summed E-state index contributed by atoms with van der Waals surface area (Å²) in [5.74, 6) is 5.25. The average Bonchev–Trinajstić information content (AvgIpc) is 1.04. The summed E-state index contributed by atoms with van der Waals surface area (Å²) >= 11 is 0. The molecule has 5 aromatic rings. The highest BCUT2D eigenvalue weighted by atomic mass is 16.6. The number of ether oxygens (including phenoxy) is 29. The number of amides is 1. The summed E-state index contributed by atoms with van der Waals surface area (Å²) in [5.41, 5.74) is 5.16. The molecule has 5 aliphatic rings. The van der Waals surface area contributed by atoms with Crippen molar-refractivity contribution in [1.82, 2.24) is 5.32 Å². The Morgan fingerprint density at radius 1 is 0.264 bits per heavy atom. The summed E-state index contributed by atoms with van der Waals surface area (Å²) in [4.78, 5) is 34.4. The molecule has 0 aromatic heterocycles. The molecule has 33 nitrogen and oxygen atoms in total. The standard InChI is InChI=1S/C21H30O8.C19H26O7.C18H25NO6.C18H26O6.C16H22O5/c1-17(2)21(22)29-16-18-3-4-19-20(15-18)28-14-12-26-10-8-24-6-5-23-7-9-25-11-13-27-19;1-15(2)19(20)26-14-16-3-4-17-18(13-16)25-12-10-23-8-6-21-5-7-22-9-11-24-17;1-2-18(20)19-14-15-3-4-16-17(13-15)25-12-10-23-8-6-21-5-7-22-9-11-24-16;1-2-16-3-4-17-18(15-16)24-14-12-22-10-8-20-6-5-19-7-9-21-11-13-23-17;1-2-14-3-4-15-16(13-14)21-12-10-19-8-6-17-5-7-18-9-11-20-15/h3-4,15H,1,5-14,16H2,2H3;3-4,13H,1,5-12,14H2,2H3;2-4,13H,1,5-12,14H2,(H,19,20);2-4,15H,1,5-14H2;2-4,13H,1,5-12H2. The van der Waals surface area contributed by atoms with E-state index in [2.05, 4.69) is 38.2 Å². The first-order valence-electron chi connectivity index (χ1n) is 42.0. The molecule has 5 aromatic carbocycles. The average molecular weight is 1760 g/mol. The van der Waals surface area contributed by atoms with Crippen molar-refractivity contribution >= 4 is 30.0 Å². The number of esters is 2. The minimum atomic E-state index is -0.433. The van der Waals surface area contributed by atoms with E-state index in [1.54, 1.807) is 50.3 Å². The van der Waals surface area contributed by atoms with Crippen LogP contribution in [0, 0.1) is 0 Å². The molecule has 33 heteroatoms. The van der Waals surface area contributed by atoms with Gasteiger partial charge in [-0.2, -0.15) is 0 Å². The van der Waals surface area contributed by atoms with E-state index >= 15 is 0 Å². The number of carbonyl (C=O) groups excluding carboxylic acids is 3. The summed E-state index contributed by atoms with van der Waals surface area (Å²) in [6, 6.07) is 27.8. The molecular formula is C92H129NO32. The second-order valence-corrected chi connectivity index (χ2v) is 26.7. The van der Waals surface area contributed by atoms with Crippen molar-refractivity contribution in [3.05, 3.63) is 169 Å². The van der Waals surface area contributed by atoms with Gasteiger partial charge in [0.25, 0.3) is 0 Å². The number of hydrogen-bond acceptors (Lipinski definition) is 32. The van der Waals surface area contributed by atoms with Crippen LogP contribution in [0.15, 0.2) is 141 Å². The van der Waals surface area contributed by atoms with Gasteiger partial charge in [-0.1, -0.05) is 75.4 Å². The fraction of sp³-hybridized carbons (Fsp3) is 0.533. The normalized spacial score (nSPS) is 17.7. The Bertz CT molecular complexity index is 3790. The van der Waals surface area contributed by atoms with Crippen LogP contribution in [0.5, 0.6) is 57.5 Å². The van der Waals surface area contributed by atoms with E-state index in [4.69, 9.17) is 137 Å². The summed E-state index contributed by atoms with van der Waals surface area (Å²) < 4.78 is 160.